The minimum absolute atomic E-state index is 1.06. The van der Waals surface area contributed by atoms with Crippen molar-refractivity contribution in [3.63, 3.8) is 0 Å². The maximum atomic E-state index is 4.26. The molecule has 0 amide bonds. The number of unbranched alkanes of at least 4 members (excludes halogenated alkanes) is 13. The third-order valence-electron chi connectivity index (χ3n) is 4.72. The van der Waals surface area contributed by atoms with E-state index in [0.717, 1.165) is 5.75 Å². The highest BCUT2D eigenvalue weighted by Gasteiger charge is 1.95. The summed E-state index contributed by atoms with van der Waals surface area (Å²) in [5.74, 6) is 1.06. The van der Waals surface area contributed by atoms with Gasteiger partial charge in [0.05, 0.1) is 0 Å². The van der Waals surface area contributed by atoms with Crippen molar-refractivity contribution < 1.29 is 0 Å². The smallest absolute Gasteiger partial charge is 0.00979 e. The van der Waals surface area contributed by atoms with E-state index in [2.05, 4.69) is 43.0 Å². The van der Waals surface area contributed by atoms with Crippen LogP contribution in [0, 0.1) is 0 Å². The molecule has 0 fully saturated rings. The molecular weight excluding hydrogens is 296 g/mol. The van der Waals surface area contributed by atoms with E-state index >= 15 is 0 Å². The van der Waals surface area contributed by atoms with Gasteiger partial charge in [0, 0.05) is 0 Å². The maximum Gasteiger partial charge on any atom is -0.00979 e. The topological polar surface area (TPSA) is 0 Å². The average molecular weight is 335 g/mol. The van der Waals surface area contributed by atoms with E-state index in [9.17, 15) is 0 Å². The van der Waals surface area contributed by atoms with Crippen molar-refractivity contribution in [2.24, 2.45) is 0 Å². The van der Waals surface area contributed by atoms with Gasteiger partial charge in [0.2, 0.25) is 0 Å². The van der Waals surface area contributed by atoms with Crippen LogP contribution in [0.5, 0.6) is 0 Å². The molecule has 1 aromatic carbocycles. The molecule has 132 valence electrons. The highest BCUT2D eigenvalue weighted by molar-refractivity contribution is 7.80. The SMILES string of the molecule is SCCCCCCCCCCCCCCCCc1ccccc1. The van der Waals surface area contributed by atoms with Crippen molar-refractivity contribution in [2.75, 3.05) is 5.75 Å². The molecule has 0 aromatic heterocycles. The van der Waals surface area contributed by atoms with Gasteiger partial charge in [0.15, 0.2) is 0 Å². The number of thiol groups is 1. The van der Waals surface area contributed by atoms with Gasteiger partial charge in [-0.1, -0.05) is 107 Å². The standard InChI is InChI=1S/C22H38S/c23-21-17-12-10-8-6-4-2-1-3-5-7-9-11-14-18-22-19-15-13-16-20-22/h13,15-16,19-20,23H,1-12,14,17-18,21H2. The normalized spacial score (nSPS) is 11.0. The lowest BCUT2D eigenvalue weighted by Gasteiger charge is -2.04. The van der Waals surface area contributed by atoms with Gasteiger partial charge >= 0.3 is 0 Å². The van der Waals surface area contributed by atoms with Crippen LogP contribution in [-0.2, 0) is 6.42 Å². The maximum absolute atomic E-state index is 4.26. The summed E-state index contributed by atoms with van der Waals surface area (Å²) in [5, 5.41) is 0. The van der Waals surface area contributed by atoms with Crippen LogP contribution in [0.25, 0.3) is 0 Å². The Labute approximate surface area is 150 Å². The molecule has 0 N–H and O–H groups in total. The fourth-order valence-electron chi connectivity index (χ4n) is 3.21. The van der Waals surface area contributed by atoms with E-state index in [0.29, 0.717) is 0 Å². The van der Waals surface area contributed by atoms with Crippen molar-refractivity contribution in [3.05, 3.63) is 35.9 Å². The van der Waals surface area contributed by atoms with Crippen LogP contribution in [0.15, 0.2) is 30.3 Å². The van der Waals surface area contributed by atoms with E-state index in [4.69, 9.17) is 0 Å². The largest absolute Gasteiger partial charge is 0.179 e. The van der Waals surface area contributed by atoms with Gasteiger partial charge in [-0.2, -0.15) is 12.6 Å². The molecule has 0 nitrogen and oxygen atoms in total. The van der Waals surface area contributed by atoms with Gasteiger partial charge in [-0.15, -0.1) is 0 Å². The average Bonchev–Trinajstić information content (AvgIpc) is 2.59. The molecule has 0 saturated carbocycles. The lowest BCUT2D eigenvalue weighted by molar-refractivity contribution is 0.536. The summed E-state index contributed by atoms with van der Waals surface area (Å²) in [6.45, 7) is 0. The van der Waals surface area contributed by atoms with Crippen LogP contribution < -0.4 is 0 Å². The Balaban J connectivity index is 1.72. The molecule has 0 spiro atoms. The second kappa shape index (κ2) is 16.4. The van der Waals surface area contributed by atoms with E-state index in [1.165, 1.54) is 102 Å². The molecule has 1 rings (SSSR count). The molecule has 0 unspecified atom stereocenters. The zero-order valence-electron chi connectivity index (χ0n) is 15.1. The summed E-state index contributed by atoms with van der Waals surface area (Å²) in [5.41, 5.74) is 1.50. The molecule has 0 saturated heterocycles. The van der Waals surface area contributed by atoms with Gasteiger partial charge in [-0.25, -0.2) is 0 Å². The van der Waals surface area contributed by atoms with Crippen LogP contribution in [0.3, 0.4) is 0 Å². The summed E-state index contributed by atoms with van der Waals surface area (Å²) in [4.78, 5) is 0. The molecule has 0 atom stereocenters. The predicted octanol–water partition coefficient (Wildman–Crippen LogP) is 7.62. The van der Waals surface area contributed by atoms with E-state index in [1.807, 2.05) is 0 Å². The fraction of sp³-hybridized carbons (Fsp3) is 0.727. The molecule has 0 aliphatic rings. The third kappa shape index (κ3) is 13.7. The molecule has 1 aromatic rings. The Morgan fingerprint density at radius 1 is 0.478 bits per heavy atom. The lowest BCUT2D eigenvalue weighted by Crippen LogP contribution is -1.86. The molecular formula is C22H38S. The monoisotopic (exact) mass is 334 g/mol. The van der Waals surface area contributed by atoms with E-state index < -0.39 is 0 Å². The number of aryl methyl sites for hydroxylation is 1. The summed E-state index contributed by atoms with van der Waals surface area (Å²) in [7, 11) is 0. The first kappa shape index (κ1) is 20.6. The molecule has 1 heteroatoms. The summed E-state index contributed by atoms with van der Waals surface area (Å²) in [6, 6.07) is 10.9. The van der Waals surface area contributed by atoms with Gasteiger partial charge in [-0.3, -0.25) is 0 Å². The Morgan fingerprint density at radius 3 is 1.30 bits per heavy atom. The fourth-order valence-corrected chi connectivity index (χ4v) is 3.43. The third-order valence-corrected chi connectivity index (χ3v) is 5.03. The molecule has 0 heterocycles. The van der Waals surface area contributed by atoms with Crippen LogP contribution in [0.4, 0.5) is 0 Å². The Kier molecular flexibility index (Phi) is 14.7. The summed E-state index contributed by atoms with van der Waals surface area (Å²) < 4.78 is 0. The summed E-state index contributed by atoms with van der Waals surface area (Å²) in [6.07, 6.45) is 21.2. The Hall–Kier alpha value is -0.430. The minimum atomic E-state index is 1.06. The number of hydrogen-bond acceptors (Lipinski definition) is 1. The molecule has 0 bridgehead atoms. The highest BCUT2D eigenvalue weighted by atomic mass is 32.1. The first-order valence-corrected chi connectivity index (χ1v) is 10.7. The first-order valence-electron chi connectivity index (χ1n) is 10.1. The minimum Gasteiger partial charge on any atom is -0.179 e. The highest BCUT2D eigenvalue weighted by Crippen LogP contribution is 2.14. The van der Waals surface area contributed by atoms with Crippen molar-refractivity contribution in [1.82, 2.24) is 0 Å². The van der Waals surface area contributed by atoms with Crippen LogP contribution in [0.2, 0.25) is 0 Å². The van der Waals surface area contributed by atoms with E-state index in [1.54, 1.807) is 0 Å². The Morgan fingerprint density at radius 2 is 0.870 bits per heavy atom. The second-order valence-corrected chi connectivity index (χ2v) is 7.36. The van der Waals surface area contributed by atoms with Gasteiger partial charge in [-0.05, 0) is 30.6 Å². The van der Waals surface area contributed by atoms with Gasteiger partial charge in [0.25, 0.3) is 0 Å². The van der Waals surface area contributed by atoms with E-state index in [-0.39, 0.29) is 0 Å². The number of rotatable bonds is 16. The van der Waals surface area contributed by atoms with Crippen molar-refractivity contribution in [3.8, 4) is 0 Å². The molecule has 23 heavy (non-hydrogen) atoms. The number of hydrogen-bond donors (Lipinski definition) is 1. The van der Waals surface area contributed by atoms with Crippen LogP contribution >= 0.6 is 12.6 Å². The molecule has 0 radical (unpaired) electrons. The number of benzene rings is 1. The van der Waals surface area contributed by atoms with Gasteiger partial charge < -0.3 is 0 Å². The van der Waals surface area contributed by atoms with Crippen LogP contribution in [-0.4, -0.2) is 5.75 Å². The zero-order chi connectivity index (χ0) is 16.4. The molecule has 0 aliphatic carbocycles. The Bertz CT molecular complexity index is 333. The lowest BCUT2D eigenvalue weighted by atomic mass is 10.0. The zero-order valence-corrected chi connectivity index (χ0v) is 16.0. The summed E-state index contributed by atoms with van der Waals surface area (Å²) >= 11 is 4.26. The molecule has 0 aliphatic heterocycles. The first-order chi connectivity index (χ1) is 11.4. The van der Waals surface area contributed by atoms with Crippen molar-refractivity contribution in [2.45, 2.75) is 96.3 Å². The van der Waals surface area contributed by atoms with Crippen molar-refractivity contribution >= 4 is 12.6 Å². The van der Waals surface area contributed by atoms with Crippen molar-refractivity contribution in [1.29, 1.82) is 0 Å². The van der Waals surface area contributed by atoms with Crippen LogP contribution in [0.1, 0.15) is 95.5 Å². The second-order valence-electron chi connectivity index (χ2n) is 6.91. The van der Waals surface area contributed by atoms with Gasteiger partial charge in [0.1, 0.15) is 0 Å². The predicted molar refractivity (Wildman–Crippen MR) is 109 cm³/mol. The quantitative estimate of drug-likeness (QED) is 0.233.